The molecule has 0 saturated carbocycles. The van der Waals surface area contributed by atoms with Crippen molar-refractivity contribution in [3.8, 4) is 5.75 Å². The zero-order valence-electron chi connectivity index (χ0n) is 10.5. The van der Waals surface area contributed by atoms with Gasteiger partial charge in [-0.05, 0) is 42.3 Å². The SMILES string of the molecule is COc1ccc(CNc2cccc(C)c2)c(Br)c1. The van der Waals surface area contributed by atoms with E-state index in [2.05, 4.69) is 58.5 Å². The first kappa shape index (κ1) is 13.0. The summed E-state index contributed by atoms with van der Waals surface area (Å²) in [6, 6.07) is 14.4. The quantitative estimate of drug-likeness (QED) is 0.905. The summed E-state index contributed by atoms with van der Waals surface area (Å²) in [7, 11) is 1.67. The normalized spacial score (nSPS) is 10.2. The van der Waals surface area contributed by atoms with E-state index in [1.54, 1.807) is 7.11 Å². The van der Waals surface area contributed by atoms with Gasteiger partial charge in [0.1, 0.15) is 5.75 Å². The number of benzene rings is 2. The standard InChI is InChI=1S/C15H16BrNO/c1-11-4-3-5-13(8-11)17-10-12-6-7-14(18-2)9-15(12)16/h3-9,17H,10H2,1-2H3. The van der Waals surface area contributed by atoms with Crippen molar-refractivity contribution in [1.29, 1.82) is 0 Å². The van der Waals surface area contributed by atoms with Crippen LogP contribution in [-0.2, 0) is 6.54 Å². The first-order valence-corrected chi connectivity index (χ1v) is 6.61. The summed E-state index contributed by atoms with van der Waals surface area (Å²) >= 11 is 3.56. The molecule has 0 aromatic heterocycles. The number of nitrogens with one attached hydrogen (secondary N) is 1. The minimum Gasteiger partial charge on any atom is -0.497 e. The molecule has 2 aromatic carbocycles. The van der Waals surface area contributed by atoms with Gasteiger partial charge in [-0.2, -0.15) is 0 Å². The molecule has 2 nitrogen and oxygen atoms in total. The van der Waals surface area contributed by atoms with Gasteiger partial charge >= 0.3 is 0 Å². The molecular weight excluding hydrogens is 290 g/mol. The highest BCUT2D eigenvalue weighted by Gasteiger charge is 2.02. The van der Waals surface area contributed by atoms with E-state index in [9.17, 15) is 0 Å². The molecular formula is C15H16BrNO. The van der Waals surface area contributed by atoms with Crippen molar-refractivity contribution in [3.05, 3.63) is 58.1 Å². The fraction of sp³-hybridized carbons (Fsp3) is 0.200. The Morgan fingerprint density at radius 1 is 1.17 bits per heavy atom. The lowest BCUT2D eigenvalue weighted by Gasteiger charge is -2.10. The number of hydrogen-bond donors (Lipinski definition) is 1. The monoisotopic (exact) mass is 305 g/mol. The summed E-state index contributed by atoms with van der Waals surface area (Å²) in [6.45, 7) is 2.88. The Kier molecular flexibility index (Phi) is 4.26. The smallest absolute Gasteiger partial charge is 0.120 e. The summed E-state index contributed by atoms with van der Waals surface area (Å²) in [5, 5.41) is 3.41. The molecule has 1 N–H and O–H groups in total. The maximum Gasteiger partial charge on any atom is 0.120 e. The van der Waals surface area contributed by atoms with Crippen LogP contribution in [0.3, 0.4) is 0 Å². The van der Waals surface area contributed by atoms with Gasteiger partial charge in [-0.1, -0.05) is 34.1 Å². The number of ether oxygens (including phenoxy) is 1. The van der Waals surface area contributed by atoms with Crippen LogP contribution in [-0.4, -0.2) is 7.11 Å². The van der Waals surface area contributed by atoms with Crippen molar-refractivity contribution in [2.75, 3.05) is 12.4 Å². The molecule has 3 heteroatoms. The topological polar surface area (TPSA) is 21.3 Å². The molecule has 2 aromatic rings. The van der Waals surface area contributed by atoms with E-state index in [1.807, 2.05) is 12.1 Å². The summed E-state index contributed by atoms with van der Waals surface area (Å²) in [5.74, 6) is 0.862. The first-order valence-electron chi connectivity index (χ1n) is 5.82. The molecule has 0 bridgehead atoms. The van der Waals surface area contributed by atoms with E-state index in [-0.39, 0.29) is 0 Å². The lowest BCUT2D eigenvalue weighted by Crippen LogP contribution is -2.00. The molecule has 0 amide bonds. The number of aryl methyl sites for hydroxylation is 1. The molecule has 94 valence electrons. The van der Waals surface area contributed by atoms with Gasteiger partial charge in [0, 0.05) is 16.7 Å². The van der Waals surface area contributed by atoms with Crippen molar-refractivity contribution in [3.63, 3.8) is 0 Å². The van der Waals surface area contributed by atoms with Gasteiger partial charge < -0.3 is 10.1 Å². The van der Waals surface area contributed by atoms with E-state index in [0.29, 0.717) is 0 Å². The molecule has 0 aliphatic rings. The van der Waals surface area contributed by atoms with Crippen LogP contribution in [0.15, 0.2) is 46.9 Å². The maximum atomic E-state index is 5.18. The summed E-state index contributed by atoms with van der Waals surface area (Å²) in [6.07, 6.45) is 0. The van der Waals surface area contributed by atoms with Gasteiger partial charge in [-0.3, -0.25) is 0 Å². The third kappa shape index (κ3) is 3.26. The van der Waals surface area contributed by atoms with Crippen LogP contribution < -0.4 is 10.1 Å². The number of anilines is 1. The van der Waals surface area contributed by atoms with E-state index in [1.165, 1.54) is 11.1 Å². The highest BCUT2D eigenvalue weighted by atomic mass is 79.9. The largest absolute Gasteiger partial charge is 0.497 e. The predicted octanol–water partition coefficient (Wildman–Crippen LogP) is 4.38. The lowest BCUT2D eigenvalue weighted by atomic mass is 10.2. The van der Waals surface area contributed by atoms with Crippen LogP contribution in [0.2, 0.25) is 0 Å². The van der Waals surface area contributed by atoms with E-state index in [4.69, 9.17) is 4.74 Å². The second kappa shape index (κ2) is 5.91. The molecule has 18 heavy (non-hydrogen) atoms. The van der Waals surface area contributed by atoms with Gasteiger partial charge in [0.2, 0.25) is 0 Å². The summed E-state index contributed by atoms with van der Waals surface area (Å²) in [5.41, 5.74) is 3.60. The van der Waals surface area contributed by atoms with Crippen LogP contribution in [0.1, 0.15) is 11.1 Å². The number of hydrogen-bond acceptors (Lipinski definition) is 2. The molecule has 0 aliphatic carbocycles. The molecule has 0 saturated heterocycles. The Bertz CT molecular complexity index is 540. The second-order valence-electron chi connectivity index (χ2n) is 4.18. The average molecular weight is 306 g/mol. The van der Waals surface area contributed by atoms with Crippen molar-refractivity contribution < 1.29 is 4.74 Å². The Morgan fingerprint density at radius 3 is 2.67 bits per heavy atom. The van der Waals surface area contributed by atoms with Crippen LogP contribution in [0, 0.1) is 6.92 Å². The summed E-state index contributed by atoms with van der Waals surface area (Å²) in [4.78, 5) is 0. The van der Waals surface area contributed by atoms with Crippen molar-refractivity contribution in [1.82, 2.24) is 0 Å². The first-order chi connectivity index (χ1) is 8.69. The zero-order valence-corrected chi connectivity index (χ0v) is 12.1. The number of halogens is 1. The molecule has 0 atom stereocenters. The van der Waals surface area contributed by atoms with Gasteiger partial charge in [0.15, 0.2) is 0 Å². The molecule has 0 fully saturated rings. The number of rotatable bonds is 4. The maximum absolute atomic E-state index is 5.18. The van der Waals surface area contributed by atoms with E-state index in [0.717, 1.165) is 22.5 Å². The van der Waals surface area contributed by atoms with Crippen LogP contribution >= 0.6 is 15.9 Å². The highest BCUT2D eigenvalue weighted by Crippen LogP contribution is 2.23. The third-order valence-corrected chi connectivity index (χ3v) is 3.50. The van der Waals surface area contributed by atoms with Crippen molar-refractivity contribution in [2.45, 2.75) is 13.5 Å². The molecule has 0 aliphatic heterocycles. The Balaban J connectivity index is 2.06. The van der Waals surface area contributed by atoms with Gasteiger partial charge in [0.05, 0.1) is 7.11 Å². The molecule has 0 heterocycles. The third-order valence-electron chi connectivity index (χ3n) is 2.76. The Morgan fingerprint density at radius 2 is 2.00 bits per heavy atom. The Hall–Kier alpha value is -1.48. The van der Waals surface area contributed by atoms with Crippen molar-refractivity contribution >= 4 is 21.6 Å². The van der Waals surface area contributed by atoms with Crippen LogP contribution in [0.25, 0.3) is 0 Å². The molecule has 0 unspecified atom stereocenters. The molecule has 2 rings (SSSR count). The van der Waals surface area contributed by atoms with Gasteiger partial charge in [-0.25, -0.2) is 0 Å². The minimum atomic E-state index is 0.786. The number of methoxy groups -OCH3 is 1. The molecule has 0 spiro atoms. The Labute approximate surface area is 116 Å². The van der Waals surface area contributed by atoms with Gasteiger partial charge in [-0.15, -0.1) is 0 Å². The van der Waals surface area contributed by atoms with Crippen LogP contribution in [0.5, 0.6) is 5.75 Å². The second-order valence-corrected chi connectivity index (χ2v) is 5.03. The minimum absolute atomic E-state index is 0.786. The van der Waals surface area contributed by atoms with Gasteiger partial charge in [0.25, 0.3) is 0 Å². The van der Waals surface area contributed by atoms with Crippen LogP contribution in [0.4, 0.5) is 5.69 Å². The lowest BCUT2D eigenvalue weighted by molar-refractivity contribution is 0.414. The highest BCUT2D eigenvalue weighted by molar-refractivity contribution is 9.10. The average Bonchev–Trinajstić information content (AvgIpc) is 2.37. The fourth-order valence-corrected chi connectivity index (χ4v) is 2.25. The van der Waals surface area contributed by atoms with Crippen molar-refractivity contribution in [2.24, 2.45) is 0 Å². The molecule has 0 radical (unpaired) electrons. The predicted molar refractivity (Wildman–Crippen MR) is 79.2 cm³/mol. The zero-order chi connectivity index (χ0) is 13.0. The van der Waals surface area contributed by atoms with E-state index >= 15 is 0 Å². The van der Waals surface area contributed by atoms with E-state index < -0.39 is 0 Å². The summed E-state index contributed by atoms with van der Waals surface area (Å²) < 4.78 is 6.24. The fourth-order valence-electron chi connectivity index (χ4n) is 1.75.